The van der Waals surface area contributed by atoms with Gasteiger partial charge in [0.1, 0.15) is 5.82 Å². The Hall–Kier alpha value is -3.10. The number of carbonyl (C=O) groups excluding carboxylic acids is 2. The summed E-state index contributed by atoms with van der Waals surface area (Å²) in [5.41, 5.74) is -2.02. The molecule has 1 heterocycles. The fourth-order valence-corrected chi connectivity index (χ4v) is 2.23. The molecule has 27 heavy (non-hydrogen) atoms. The Labute approximate surface area is 153 Å². The van der Waals surface area contributed by atoms with E-state index in [9.17, 15) is 22.8 Å². The molecule has 0 aliphatic rings. The summed E-state index contributed by atoms with van der Waals surface area (Å²) in [6.07, 6.45) is -3.89. The molecule has 0 saturated carbocycles. The lowest BCUT2D eigenvalue weighted by Crippen LogP contribution is -2.69. The maximum Gasteiger partial charge on any atom is 0.441 e. The highest BCUT2D eigenvalue weighted by Crippen LogP contribution is 2.33. The molecule has 2 aromatic rings. The van der Waals surface area contributed by atoms with Crippen molar-refractivity contribution in [3.05, 3.63) is 59.3 Å². The Morgan fingerprint density at radius 2 is 1.59 bits per heavy atom. The molecule has 1 aromatic carbocycles. The number of hydrogen-bond donors (Lipinski definition) is 2. The number of aromatic nitrogens is 1. The summed E-state index contributed by atoms with van der Waals surface area (Å²) in [5, 5.41) is 3.71. The first kappa shape index (κ1) is 20.2. The van der Waals surface area contributed by atoms with Crippen molar-refractivity contribution < 1.29 is 27.5 Å². The van der Waals surface area contributed by atoms with E-state index < -0.39 is 23.7 Å². The van der Waals surface area contributed by atoms with E-state index in [1.54, 1.807) is 31.3 Å². The van der Waals surface area contributed by atoms with Gasteiger partial charge in [0, 0.05) is 11.8 Å². The van der Waals surface area contributed by atoms with Crippen molar-refractivity contribution in [2.45, 2.75) is 25.7 Å². The normalized spacial score (nSPS) is 13.4. The smallest absolute Gasteiger partial charge is 0.441 e. The molecule has 6 nitrogen and oxygen atoms in total. The third kappa shape index (κ3) is 4.36. The lowest BCUT2D eigenvalue weighted by molar-refractivity contribution is -0.203. The van der Waals surface area contributed by atoms with Crippen molar-refractivity contribution in [1.29, 1.82) is 0 Å². The number of esters is 1. The summed E-state index contributed by atoms with van der Waals surface area (Å²) >= 11 is 0. The van der Waals surface area contributed by atoms with Gasteiger partial charge in [-0.15, -0.1) is 0 Å². The van der Waals surface area contributed by atoms with Gasteiger partial charge in [-0.3, -0.25) is 4.79 Å². The molecule has 0 aliphatic heterocycles. The van der Waals surface area contributed by atoms with Gasteiger partial charge in [0.25, 0.3) is 5.91 Å². The molecule has 1 atom stereocenters. The van der Waals surface area contributed by atoms with E-state index in [1.807, 2.05) is 5.32 Å². The molecular formula is C18H18F3N3O3. The van der Waals surface area contributed by atoms with Gasteiger partial charge >= 0.3 is 17.8 Å². The minimum absolute atomic E-state index is 0.0446. The monoisotopic (exact) mass is 381 g/mol. The zero-order valence-electron chi connectivity index (χ0n) is 14.8. The van der Waals surface area contributed by atoms with Crippen LogP contribution in [0.3, 0.4) is 0 Å². The summed E-state index contributed by atoms with van der Waals surface area (Å²) in [6, 6.07) is 8.61. The van der Waals surface area contributed by atoms with Crippen molar-refractivity contribution in [1.82, 2.24) is 10.3 Å². The summed E-state index contributed by atoms with van der Waals surface area (Å²) < 4.78 is 46.1. The van der Waals surface area contributed by atoms with Crippen molar-refractivity contribution in [3.8, 4) is 0 Å². The highest BCUT2D eigenvalue weighted by Gasteiger charge is 2.63. The molecule has 1 amide bonds. The van der Waals surface area contributed by atoms with Gasteiger partial charge in [-0.25, -0.2) is 9.78 Å². The largest absolute Gasteiger partial charge is 0.466 e. The SMILES string of the molecule is COC(=O)C(NC(=O)c1ccc(C)cc1)(Nc1ccc(C)cn1)C(F)(F)F. The van der Waals surface area contributed by atoms with Crippen molar-refractivity contribution in [2.24, 2.45) is 0 Å². The average molecular weight is 381 g/mol. The molecule has 1 unspecified atom stereocenters. The van der Waals surface area contributed by atoms with Gasteiger partial charge in [-0.1, -0.05) is 23.8 Å². The predicted molar refractivity (Wildman–Crippen MR) is 92.0 cm³/mol. The van der Waals surface area contributed by atoms with Gasteiger partial charge in [0.15, 0.2) is 0 Å². The fraction of sp³-hybridized carbons (Fsp3) is 0.278. The molecule has 9 heteroatoms. The third-order valence-corrected chi connectivity index (χ3v) is 3.76. The van der Waals surface area contributed by atoms with Crippen LogP contribution in [0.25, 0.3) is 0 Å². The maximum atomic E-state index is 13.9. The van der Waals surface area contributed by atoms with Gasteiger partial charge in [-0.2, -0.15) is 13.2 Å². The number of carbonyl (C=O) groups is 2. The van der Waals surface area contributed by atoms with Crippen LogP contribution in [-0.4, -0.2) is 35.8 Å². The van der Waals surface area contributed by atoms with E-state index in [1.165, 1.54) is 30.5 Å². The molecule has 0 aliphatic carbocycles. The van der Waals surface area contributed by atoms with E-state index >= 15 is 0 Å². The molecule has 0 spiro atoms. The van der Waals surface area contributed by atoms with E-state index in [4.69, 9.17) is 0 Å². The lowest BCUT2D eigenvalue weighted by atomic mass is 10.1. The summed E-state index contributed by atoms with van der Waals surface area (Å²) in [7, 11) is 0.797. The second-order valence-corrected chi connectivity index (χ2v) is 5.91. The Bertz CT molecular complexity index is 820. The number of halogens is 3. The van der Waals surface area contributed by atoms with Crippen LogP contribution in [0.5, 0.6) is 0 Å². The molecule has 0 bridgehead atoms. The van der Waals surface area contributed by atoms with Crippen molar-refractivity contribution in [3.63, 3.8) is 0 Å². The second kappa shape index (κ2) is 7.65. The van der Waals surface area contributed by atoms with Crippen LogP contribution in [0.1, 0.15) is 21.5 Å². The molecule has 0 fully saturated rings. The van der Waals surface area contributed by atoms with Crippen LogP contribution in [0.15, 0.2) is 42.6 Å². The zero-order valence-corrected chi connectivity index (χ0v) is 14.8. The number of aryl methyl sites for hydroxylation is 2. The number of alkyl halides is 3. The van der Waals surface area contributed by atoms with E-state index in [0.29, 0.717) is 5.56 Å². The highest BCUT2D eigenvalue weighted by atomic mass is 19.4. The second-order valence-electron chi connectivity index (χ2n) is 5.91. The third-order valence-electron chi connectivity index (χ3n) is 3.76. The predicted octanol–water partition coefficient (Wildman–Crippen LogP) is 2.97. The van der Waals surface area contributed by atoms with Gasteiger partial charge in [-0.05, 0) is 37.6 Å². The molecule has 0 radical (unpaired) electrons. The number of pyridine rings is 1. The van der Waals surface area contributed by atoms with Gasteiger partial charge < -0.3 is 15.4 Å². The molecule has 1 aromatic heterocycles. The number of ether oxygens (including phenoxy) is 1. The standard InChI is InChI=1S/C18H18F3N3O3/c1-11-4-7-13(8-5-11)15(25)24-17(16(26)27-3,18(19,20)21)23-14-9-6-12(2)10-22-14/h4-10H,1-3H3,(H,22,23)(H,24,25). The molecule has 144 valence electrons. The molecular weight excluding hydrogens is 363 g/mol. The van der Waals surface area contributed by atoms with Crippen LogP contribution < -0.4 is 10.6 Å². The van der Waals surface area contributed by atoms with Crippen LogP contribution >= 0.6 is 0 Å². The first-order valence-corrected chi connectivity index (χ1v) is 7.84. The number of nitrogens with one attached hydrogen (secondary N) is 2. The van der Waals surface area contributed by atoms with Crippen molar-refractivity contribution in [2.75, 3.05) is 12.4 Å². The van der Waals surface area contributed by atoms with E-state index in [0.717, 1.165) is 12.7 Å². The highest BCUT2D eigenvalue weighted by molar-refractivity contribution is 5.99. The Balaban J connectivity index is 2.46. The maximum absolute atomic E-state index is 13.9. The van der Waals surface area contributed by atoms with E-state index in [2.05, 4.69) is 9.72 Å². The number of hydrogen-bond acceptors (Lipinski definition) is 5. The first-order valence-electron chi connectivity index (χ1n) is 7.84. The molecule has 2 rings (SSSR count). The first-order chi connectivity index (χ1) is 12.6. The van der Waals surface area contributed by atoms with Gasteiger partial charge in [0.05, 0.1) is 7.11 Å². The van der Waals surface area contributed by atoms with Crippen molar-refractivity contribution >= 4 is 17.7 Å². The zero-order chi connectivity index (χ0) is 20.2. The van der Waals surface area contributed by atoms with Crippen LogP contribution in [0.2, 0.25) is 0 Å². The van der Waals surface area contributed by atoms with Crippen LogP contribution in [0, 0.1) is 13.8 Å². The summed E-state index contributed by atoms with van der Waals surface area (Å²) in [5.74, 6) is -3.08. The number of anilines is 1. The topological polar surface area (TPSA) is 80.3 Å². The quantitative estimate of drug-likeness (QED) is 0.615. The number of nitrogens with zero attached hydrogens (tertiary/aromatic N) is 1. The summed E-state index contributed by atoms with van der Waals surface area (Å²) in [4.78, 5) is 28.3. The van der Waals surface area contributed by atoms with Gasteiger partial charge in [0.2, 0.25) is 0 Å². The minimum atomic E-state index is -5.22. The van der Waals surface area contributed by atoms with Crippen LogP contribution in [0.4, 0.5) is 19.0 Å². The summed E-state index contributed by atoms with van der Waals surface area (Å²) in [6.45, 7) is 3.47. The number of rotatable bonds is 5. The van der Waals surface area contributed by atoms with E-state index in [-0.39, 0.29) is 11.4 Å². The Morgan fingerprint density at radius 3 is 2.07 bits per heavy atom. The Kier molecular flexibility index (Phi) is 5.72. The average Bonchev–Trinajstić information content (AvgIpc) is 2.61. The number of methoxy groups -OCH3 is 1. The lowest BCUT2D eigenvalue weighted by Gasteiger charge is -2.34. The fourth-order valence-electron chi connectivity index (χ4n) is 2.23. The van der Waals surface area contributed by atoms with Crippen LogP contribution in [-0.2, 0) is 9.53 Å². The molecule has 0 saturated heterocycles. The number of amides is 1. The Morgan fingerprint density at radius 1 is 1.00 bits per heavy atom. The number of benzene rings is 1. The molecule has 2 N–H and O–H groups in total. The minimum Gasteiger partial charge on any atom is -0.466 e.